The highest BCUT2D eigenvalue weighted by molar-refractivity contribution is 7.91. The number of benzene rings is 1. The molecular weight excluding hydrogens is 224 g/mol. The predicted octanol–water partition coefficient (Wildman–Crippen LogP) is 1.77. The lowest BCUT2D eigenvalue weighted by atomic mass is 9.99. The van der Waals surface area contributed by atoms with Crippen molar-refractivity contribution in [2.45, 2.75) is 32.1 Å². The molecule has 90 valence electrons. The van der Waals surface area contributed by atoms with E-state index in [1.807, 2.05) is 32.0 Å². The van der Waals surface area contributed by atoms with Gasteiger partial charge in [0.2, 0.25) is 0 Å². The SMILES string of the molecule is Cc1ccc(C)c(C(O)C(C)S(C)(=O)=O)c1. The highest BCUT2D eigenvalue weighted by Crippen LogP contribution is 2.25. The molecule has 0 heterocycles. The molecule has 0 aliphatic heterocycles. The van der Waals surface area contributed by atoms with E-state index in [-0.39, 0.29) is 0 Å². The normalized spacial score (nSPS) is 15.8. The van der Waals surface area contributed by atoms with Crippen LogP contribution in [0.15, 0.2) is 18.2 Å². The third-order valence-corrected chi connectivity index (χ3v) is 4.48. The maximum absolute atomic E-state index is 11.4. The molecule has 0 saturated heterocycles. The smallest absolute Gasteiger partial charge is 0.152 e. The Morgan fingerprint density at radius 3 is 2.31 bits per heavy atom. The van der Waals surface area contributed by atoms with E-state index in [0.29, 0.717) is 5.56 Å². The van der Waals surface area contributed by atoms with Gasteiger partial charge < -0.3 is 5.11 Å². The highest BCUT2D eigenvalue weighted by atomic mass is 32.2. The van der Waals surface area contributed by atoms with Crippen molar-refractivity contribution in [2.75, 3.05) is 6.26 Å². The van der Waals surface area contributed by atoms with Crippen molar-refractivity contribution in [3.63, 3.8) is 0 Å². The molecule has 0 saturated carbocycles. The Balaban J connectivity index is 3.14. The summed E-state index contributed by atoms with van der Waals surface area (Å²) in [7, 11) is -3.23. The number of aliphatic hydroxyl groups excluding tert-OH is 1. The Labute approximate surface area is 97.0 Å². The lowest BCUT2D eigenvalue weighted by Gasteiger charge is -2.19. The van der Waals surface area contributed by atoms with Gasteiger partial charge in [0.1, 0.15) is 0 Å². The van der Waals surface area contributed by atoms with Gasteiger partial charge >= 0.3 is 0 Å². The standard InChI is InChI=1S/C12H18O3S/c1-8-5-6-9(2)11(7-8)12(13)10(3)16(4,14)15/h5-7,10,12-13H,1-4H3. The molecule has 1 N–H and O–H groups in total. The number of hydrogen-bond donors (Lipinski definition) is 1. The first-order valence-corrected chi connectivity index (χ1v) is 7.13. The zero-order valence-corrected chi connectivity index (χ0v) is 10.9. The van der Waals surface area contributed by atoms with E-state index in [1.165, 1.54) is 6.92 Å². The largest absolute Gasteiger partial charge is 0.387 e. The van der Waals surface area contributed by atoms with Crippen molar-refractivity contribution in [1.29, 1.82) is 0 Å². The quantitative estimate of drug-likeness (QED) is 0.879. The van der Waals surface area contributed by atoms with Crippen molar-refractivity contribution in [2.24, 2.45) is 0 Å². The van der Waals surface area contributed by atoms with Gasteiger partial charge in [-0.25, -0.2) is 8.42 Å². The first-order valence-electron chi connectivity index (χ1n) is 5.17. The Kier molecular flexibility index (Phi) is 3.76. The molecule has 3 nitrogen and oxygen atoms in total. The molecule has 2 atom stereocenters. The maximum Gasteiger partial charge on any atom is 0.152 e. The van der Waals surface area contributed by atoms with E-state index in [9.17, 15) is 13.5 Å². The first kappa shape index (κ1) is 13.2. The zero-order valence-electron chi connectivity index (χ0n) is 10.1. The average Bonchev–Trinajstić information content (AvgIpc) is 2.18. The third kappa shape index (κ3) is 2.83. The number of hydrogen-bond acceptors (Lipinski definition) is 3. The molecule has 1 aromatic rings. The average molecular weight is 242 g/mol. The molecule has 0 spiro atoms. The summed E-state index contributed by atoms with van der Waals surface area (Å²) < 4.78 is 22.8. The minimum absolute atomic E-state index is 0.693. The summed E-state index contributed by atoms with van der Waals surface area (Å²) in [5, 5.41) is 9.27. The van der Waals surface area contributed by atoms with E-state index in [2.05, 4.69) is 0 Å². The fourth-order valence-corrected chi connectivity index (χ4v) is 2.18. The van der Waals surface area contributed by atoms with Crippen LogP contribution in [0.1, 0.15) is 29.7 Å². The van der Waals surface area contributed by atoms with Gasteiger partial charge in [-0.2, -0.15) is 0 Å². The molecule has 0 fully saturated rings. The fraction of sp³-hybridized carbons (Fsp3) is 0.500. The van der Waals surface area contributed by atoms with Crippen LogP contribution in [0, 0.1) is 13.8 Å². The van der Waals surface area contributed by atoms with Crippen LogP contribution in [0.2, 0.25) is 0 Å². The maximum atomic E-state index is 11.4. The summed E-state index contributed by atoms with van der Waals surface area (Å²) in [6.45, 7) is 5.32. The van der Waals surface area contributed by atoms with E-state index in [0.717, 1.165) is 17.4 Å². The molecule has 0 bridgehead atoms. The topological polar surface area (TPSA) is 54.4 Å². The van der Waals surface area contributed by atoms with Crippen LogP contribution in [0.3, 0.4) is 0 Å². The minimum atomic E-state index is -3.23. The van der Waals surface area contributed by atoms with Gasteiger partial charge in [-0.05, 0) is 31.9 Å². The van der Waals surface area contributed by atoms with E-state index in [4.69, 9.17) is 0 Å². The molecule has 1 aromatic carbocycles. The molecule has 0 amide bonds. The monoisotopic (exact) mass is 242 g/mol. The molecule has 4 heteroatoms. The Hall–Kier alpha value is -0.870. The molecular formula is C12H18O3S. The first-order chi connectivity index (χ1) is 7.23. The molecule has 0 aliphatic carbocycles. The number of rotatable bonds is 3. The zero-order chi connectivity index (χ0) is 12.5. The Morgan fingerprint density at radius 2 is 1.81 bits per heavy atom. The van der Waals surface area contributed by atoms with Crippen LogP contribution in [0.4, 0.5) is 0 Å². The van der Waals surface area contributed by atoms with Crippen LogP contribution in [-0.2, 0) is 9.84 Å². The molecule has 2 unspecified atom stereocenters. The van der Waals surface area contributed by atoms with E-state index >= 15 is 0 Å². The lowest BCUT2D eigenvalue weighted by Crippen LogP contribution is -2.24. The van der Waals surface area contributed by atoms with Gasteiger partial charge in [0.05, 0.1) is 11.4 Å². The van der Waals surface area contributed by atoms with E-state index < -0.39 is 21.2 Å². The summed E-state index contributed by atoms with van der Waals surface area (Å²) in [5.41, 5.74) is 2.62. The molecule has 0 aliphatic rings. The summed E-state index contributed by atoms with van der Waals surface area (Å²) in [6.07, 6.45) is 0.182. The molecule has 0 radical (unpaired) electrons. The summed E-state index contributed by atoms with van der Waals surface area (Å²) in [6, 6.07) is 5.67. The van der Waals surface area contributed by atoms with Gasteiger partial charge in [-0.1, -0.05) is 23.8 Å². The van der Waals surface area contributed by atoms with Gasteiger partial charge in [0.25, 0.3) is 0 Å². The van der Waals surface area contributed by atoms with Crippen molar-refractivity contribution >= 4 is 9.84 Å². The van der Waals surface area contributed by atoms with E-state index in [1.54, 1.807) is 0 Å². The van der Waals surface area contributed by atoms with Gasteiger partial charge in [0.15, 0.2) is 9.84 Å². The second kappa shape index (κ2) is 4.55. The molecule has 0 aromatic heterocycles. The summed E-state index contributed by atoms with van der Waals surface area (Å²) >= 11 is 0. The molecule has 1 rings (SSSR count). The van der Waals surface area contributed by atoms with Crippen LogP contribution in [0.5, 0.6) is 0 Å². The summed E-state index contributed by atoms with van der Waals surface area (Å²) in [5.74, 6) is 0. The highest BCUT2D eigenvalue weighted by Gasteiger charge is 2.26. The third-order valence-electron chi connectivity index (χ3n) is 2.87. The number of aryl methyl sites for hydroxylation is 2. The second-order valence-electron chi connectivity index (χ2n) is 4.34. The second-order valence-corrected chi connectivity index (χ2v) is 6.74. The van der Waals surface area contributed by atoms with Crippen molar-refractivity contribution in [3.8, 4) is 0 Å². The van der Waals surface area contributed by atoms with Crippen molar-refractivity contribution in [3.05, 3.63) is 34.9 Å². The van der Waals surface area contributed by atoms with Gasteiger partial charge in [-0.15, -0.1) is 0 Å². The van der Waals surface area contributed by atoms with Crippen LogP contribution in [0.25, 0.3) is 0 Å². The van der Waals surface area contributed by atoms with Gasteiger partial charge in [-0.3, -0.25) is 0 Å². The van der Waals surface area contributed by atoms with Crippen LogP contribution < -0.4 is 0 Å². The minimum Gasteiger partial charge on any atom is -0.387 e. The fourth-order valence-electron chi connectivity index (χ4n) is 1.57. The van der Waals surface area contributed by atoms with Crippen molar-refractivity contribution in [1.82, 2.24) is 0 Å². The van der Waals surface area contributed by atoms with Crippen molar-refractivity contribution < 1.29 is 13.5 Å². The Bertz CT molecular complexity index is 477. The van der Waals surface area contributed by atoms with Gasteiger partial charge in [0, 0.05) is 6.26 Å². The van der Waals surface area contributed by atoms with Crippen LogP contribution in [-0.4, -0.2) is 25.0 Å². The predicted molar refractivity (Wildman–Crippen MR) is 65.2 cm³/mol. The number of aliphatic hydroxyl groups is 1. The molecule has 16 heavy (non-hydrogen) atoms. The summed E-state index contributed by atoms with van der Waals surface area (Å²) in [4.78, 5) is 0. The lowest BCUT2D eigenvalue weighted by molar-refractivity contribution is 0.175. The van der Waals surface area contributed by atoms with Crippen LogP contribution >= 0.6 is 0 Å². The number of sulfone groups is 1. The Morgan fingerprint density at radius 1 is 1.25 bits per heavy atom.